The maximum Gasteiger partial charge on any atom is 0.375 e. The molecule has 0 radical (unpaired) electrons. The number of piperidine rings is 1. The van der Waals surface area contributed by atoms with E-state index in [1.54, 1.807) is 14.0 Å². The Balaban J connectivity index is 1.30. The summed E-state index contributed by atoms with van der Waals surface area (Å²) < 4.78 is 31.4. The number of benzene rings is 2. The molecule has 0 bridgehead atoms. The summed E-state index contributed by atoms with van der Waals surface area (Å²) >= 11 is 0. The van der Waals surface area contributed by atoms with E-state index in [0.717, 1.165) is 87.1 Å². The summed E-state index contributed by atoms with van der Waals surface area (Å²) in [5.41, 5.74) is 1.63. The molecule has 0 amide bonds. The molecule has 1 saturated heterocycles. The number of esters is 1. The topological polar surface area (TPSA) is 194 Å². The van der Waals surface area contributed by atoms with Crippen LogP contribution in [0.15, 0.2) is 40.1 Å². The molecule has 6 aliphatic rings. The zero-order valence-electron chi connectivity index (χ0n) is 38.0. The minimum Gasteiger partial charge on any atom is -0.489 e. The summed E-state index contributed by atoms with van der Waals surface area (Å²) in [4.78, 5) is 48.7. The molecule has 3 fully saturated rings. The highest BCUT2D eigenvalue weighted by Gasteiger charge is 2.51. The molecule has 2 aliphatic carbocycles. The second-order valence-corrected chi connectivity index (χ2v) is 18.6. The quantitative estimate of drug-likeness (QED) is 0.0948. The monoisotopic (exact) mass is 898 g/mol. The fourth-order valence-electron chi connectivity index (χ4n) is 11.3. The van der Waals surface area contributed by atoms with Crippen LogP contribution in [0.3, 0.4) is 0 Å². The van der Waals surface area contributed by atoms with Gasteiger partial charge in [-0.2, -0.15) is 0 Å². The van der Waals surface area contributed by atoms with Crippen molar-refractivity contribution < 1.29 is 58.5 Å². The number of hydrogen-bond acceptors (Lipinski definition) is 14. The van der Waals surface area contributed by atoms with E-state index in [9.17, 15) is 34.8 Å². The van der Waals surface area contributed by atoms with E-state index in [-0.39, 0.29) is 72.9 Å². The zero-order valence-corrected chi connectivity index (χ0v) is 38.0. The van der Waals surface area contributed by atoms with Gasteiger partial charge in [0, 0.05) is 56.3 Å². The number of aldehydes is 1. The molecule has 0 unspecified atom stereocenters. The van der Waals surface area contributed by atoms with Gasteiger partial charge in [-0.25, -0.2) is 4.79 Å². The van der Waals surface area contributed by atoms with Crippen molar-refractivity contribution in [3.05, 3.63) is 67.9 Å². The highest BCUT2D eigenvalue weighted by Crippen LogP contribution is 2.58. The average Bonchev–Trinajstić information content (AvgIpc) is 4.00. The number of nitrogens with zero attached hydrogens (tertiary/aromatic N) is 2. The highest BCUT2D eigenvalue weighted by atomic mass is 16.6. The number of methoxy groups -OCH3 is 1. The van der Waals surface area contributed by atoms with Gasteiger partial charge in [-0.1, -0.05) is 24.1 Å². The first-order chi connectivity index (χ1) is 31.7. The molecule has 4 aliphatic heterocycles. The third kappa shape index (κ3) is 9.44. The molecule has 65 heavy (non-hydrogen) atoms. The number of aliphatic hydroxyl groups is 4. The van der Waals surface area contributed by atoms with E-state index in [1.165, 1.54) is 0 Å². The Morgan fingerprint density at radius 1 is 1.02 bits per heavy atom. The lowest BCUT2D eigenvalue weighted by molar-refractivity contribution is -0.141. The highest BCUT2D eigenvalue weighted by molar-refractivity contribution is 6.11. The van der Waals surface area contributed by atoms with Gasteiger partial charge < -0.3 is 49.0 Å². The summed E-state index contributed by atoms with van der Waals surface area (Å²) in [5, 5.41) is 46.9. The zero-order chi connectivity index (χ0) is 45.7. The Bertz CT molecular complexity index is 2290. The van der Waals surface area contributed by atoms with Crippen LogP contribution in [0.25, 0.3) is 11.6 Å². The summed E-state index contributed by atoms with van der Waals surface area (Å²) in [6.07, 6.45) is 10.6. The number of carbonyl (C=O) groups excluding carboxylic acids is 3. The predicted octanol–water partition coefficient (Wildman–Crippen LogP) is 4.17. The first kappa shape index (κ1) is 47.1. The van der Waals surface area contributed by atoms with Crippen molar-refractivity contribution in [3.63, 3.8) is 0 Å². The van der Waals surface area contributed by atoms with Crippen molar-refractivity contribution in [3.8, 4) is 17.2 Å². The van der Waals surface area contributed by atoms with E-state index in [2.05, 4.69) is 9.89 Å². The molecule has 8 rings (SSSR count). The Morgan fingerprint density at radius 2 is 1.82 bits per heavy atom. The van der Waals surface area contributed by atoms with Crippen molar-refractivity contribution in [2.45, 2.75) is 127 Å². The molecule has 2 saturated carbocycles. The second-order valence-electron chi connectivity index (χ2n) is 18.6. The largest absolute Gasteiger partial charge is 0.489 e. The van der Waals surface area contributed by atoms with Crippen LogP contribution >= 0.6 is 0 Å². The van der Waals surface area contributed by atoms with Crippen molar-refractivity contribution in [2.75, 3.05) is 59.7 Å². The number of rotatable bonds is 18. The maximum absolute atomic E-state index is 14.2. The Morgan fingerprint density at radius 3 is 2.52 bits per heavy atom. The van der Waals surface area contributed by atoms with Gasteiger partial charge in [0.15, 0.2) is 6.29 Å². The number of likely N-dealkylation sites (tertiary alicyclic amines) is 1. The third-order valence-corrected chi connectivity index (χ3v) is 14.7. The molecule has 2 aromatic carbocycles. The third-order valence-electron chi connectivity index (χ3n) is 14.7. The van der Waals surface area contributed by atoms with E-state index >= 15 is 0 Å². The Labute approximate surface area is 381 Å². The fourth-order valence-corrected chi connectivity index (χ4v) is 11.3. The second kappa shape index (κ2) is 21.0. The smallest absolute Gasteiger partial charge is 0.375 e. The van der Waals surface area contributed by atoms with Crippen LogP contribution < -0.4 is 24.8 Å². The summed E-state index contributed by atoms with van der Waals surface area (Å²) in [6.45, 7) is 4.39. The number of ether oxygens (including phenoxy) is 5. The first-order valence-electron chi connectivity index (χ1n) is 23.9. The van der Waals surface area contributed by atoms with Gasteiger partial charge in [0.05, 0.1) is 54.5 Å². The number of carbonyl (C=O) groups is 3. The lowest BCUT2D eigenvalue weighted by atomic mass is 9.71. The van der Waals surface area contributed by atoms with Crippen LogP contribution in [0.1, 0.15) is 119 Å². The Hall–Kier alpha value is -4.44. The van der Waals surface area contributed by atoms with Crippen LogP contribution in [0.5, 0.6) is 17.2 Å². The van der Waals surface area contributed by atoms with Crippen LogP contribution in [0.4, 0.5) is 0 Å². The predicted molar refractivity (Wildman–Crippen MR) is 241 cm³/mol. The lowest BCUT2D eigenvalue weighted by Crippen LogP contribution is -2.54. The van der Waals surface area contributed by atoms with Gasteiger partial charge >= 0.3 is 5.97 Å². The van der Waals surface area contributed by atoms with Crippen LogP contribution in [-0.2, 0) is 36.9 Å². The van der Waals surface area contributed by atoms with E-state index < -0.39 is 42.7 Å². The van der Waals surface area contributed by atoms with Gasteiger partial charge in [0.25, 0.3) is 0 Å². The maximum atomic E-state index is 14.2. The van der Waals surface area contributed by atoms with Gasteiger partial charge in [0.2, 0.25) is 5.76 Å². The molecular formula is C51H66N2O12. The fraction of sp³-hybridized carbons (Fsp3) is 0.608. The molecule has 4 N–H and O–H groups in total. The van der Waals surface area contributed by atoms with Crippen LogP contribution in [0.2, 0.25) is 0 Å². The Kier molecular flexibility index (Phi) is 15.2. The number of aliphatic hydroxyl groups excluding tert-OH is 3. The number of hydrogen-bond donors (Lipinski definition) is 4. The van der Waals surface area contributed by atoms with E-state index in [1.807, 2.05) is 24.3 Å². The van der Waals surface area contributed by atoms with Gasteiger partial charge in [-0.15, -0.1) is 0 Å². The SMILES string of the molecule is CCOC(=O)C1=C(C=O)/C(=C2\C[C@H](CO)C(=O)[C@@H](c3ccc4c(c3)=CCN=4)C2)c2c(c(CO)c3c(c2OC2CCCCC2)C[C@@H]([C@@](O)(CCCCO)C2CCN(CCCOC)CC2)O3)O1. The van der Waals surface area contributed by atoms with Crippen molar-refractivity contribution in [1.29, 1.82) is 0 Å². The number of allylic oxidation sites excluding steroid dienone is 3. The van der Waals surface area contributed by atoms with E-state index in [0.29, 0.717) is 72.5 Å². The molecular weight excluding hydrogens is 833 g/mol. The molecule has 0 aromatic heterocycles. The van der Waals surface area contributed by atoms with Crippen molar-refractivity contribution in [1.82, 2.24) is 4.90 Å². The summed E-state index contributed by atoms with van der Waals surface area (Å²) in [6, 6.07) is 5.76. The first-order valence-corrected chi connectivity index (χ1v) is 23.9. The van der Waals surface area contributed by atoms with Gasteiger partial charge in [-0.3, -0.25) is 14.6 Å². The normalized spacial score (nSPS) is 24.5. The lowest BCUT2D eigenvalue weighted by Gasteiger charge is -2.44. The minimum absolute atomic E-state index is 0.000208. The van der Waals surface area contributed by atoms with E-state index in [4.69, 9.17) is 23.7 Å². The standard InChI is InChI=1S/C51H66N2O12/c1-3-62-50(59)49-39(29-56)43(33-25-34(28-55)45(58)37(26-33)31-12-13-41-32(24-31)14-18-52-41)44-47(63-36-10-5-4-6-11-36)38-27-42(64-46(38)40(30-57)48(44)65-49)51(60,17-7-8-22-54)35-15-20-53(21-16-35)19-9-23-61-2/h12-14,24,29,34-37,42,54-55,57,60H,3-11,15-23,25-28,30H2,1-2H3/b43-33-/t34-,37-,42+,51-/m1/s1. The summed E-state index contributed by atoms with van der Waals surface area (Å²) in [7, 11) is 1.70. The molecule has 2 aromatic rings. The summed E-state index contributed by atoms with van der Waals surface area (Å²) in [5.74, 6) is -2.17. The van der Waals surface area contributed by atoms with Crippen LogP contribution in [-0.4, -0.2) is 121 Å². The molecule has 0 spiro atoms. The molecule has 352 valence electrons. The molecule has 4 heterocycles. The van der Waals surface area contributed by atoms with Gasteiger partial charge in [-0.05, 0) is 126 Å². The molecule has 4 atom stereocenters. The van der Waals surface area contributed by atoms with Crippen molar-refractivity contribution >= 4 is 29.7 Å². The number of Topliss-reactive ketones (excluding diaryl/α,β-unsaturated/α-hetero) is 1. The number of ketones is 1. The number of fused-ring (bicyclic) bond motifs is 3. The molecule has 14 nitrogen and oxygen atoms in total. The van der Waals surface area contributed by atoms with Gasteiger partial charge in [0.1, 0.15) is 34.7 Å². The average molecular weight is 899 g/mol. The van der Waals surface area contributed by atoms with Crippen molar-refractivity contribution in [2.24, 2.45) is 16.8 Å². The number of unbranched alkanes of at least 4 members (excludes halogenated alkanes) is 1. The van der Waals surface area contributed by atoms with Crippen LogP contribution in [0, 0.1) is 11.8 Å². The molecule has 14 heteroatoms. The minimum atomic E-state index is -1.32.